The molecule has 0 saturated heterocycles. The van der Waals surface area contributed by atoms with Crippen LogP contribution in [0.5, 0.6) is 5.75 Å². The highest BCUT2D eigenvalue weighted by Gasteiger charge is 2.06. The molecule has 1 aromatic carbocycles. The number of carboxylic acids is 1. The highest BCUT2D eigenvalue weighted by atomic mass is 79.9. The fourth-order valence-corrected chi connectivity index (χ4v) is 1.81. The number of nitrogens with zero attached hydrogens (tertiary/aromatic N) is 1. The van der Waals surface area contributed by atoms with E-state index >= 15 is 0 Å². The van der Waals surface area contributed by atoms with Crippen LogP contribution in [0.4, 0.5) is 0 Å². The molecular weight excluding hydrogens is 286 g/mol. The maximum absolute atomic E-state index is 10.8. The molecule has 0 spiro atoms. The van der Waals surface area contributed by atoms with Gasteiger partial charge in [0.25, 0.3) is 0 Å². The third kappa shape index (κ3) is 5.19. The Kier molecular flexibility index (Phi) is 5.44. The van der Waals surface area contributed by atoms with E-state index in [1.807, 2.05) is 14.1 Å². The zero-order valence-corrected chi connectivity index (χ0v) is 11.5. The maximum atomic E-state index is 10.8. The zero-order valence-electron chi connectivity index (χ0n) is 9.94. The summed E-state index contributed by atoms with van der Waals surface area (Å²) in [4.78, 5) is 12.9. The van der Waals surface area contributed by atoms with E-state index < -0.39 is 5.97 Å². The van der Waals surface area contributed by atoms with E-state index in [1.165, 1.54) is 6.07 Å². The van der Waals surface area contributed by atoms with Crippen molar-refractivity contribution in [3.63, 3.8) is 0 Å². The van der Waals surface area contributed by atoms with Crippen molar-refractivity contribution in [2.24, 2.45) is 0 Å². The highest BCUT2D eigenvalue weighted by Crippen LogP contribution is 2.21. The molecule has 1 rings (SSSR count). The smallest absolute Gasteiger partial charge is 0.335 e. The van der Waals surface area contributed by atoms with Gasteiger partial charge >= 0.3 is 5.97 Å². The van der Waals surface area contributed by atoms with E-state index in [0.29, 0.717) is 16.8 Å². The van der Waals surface area contributed by atoms with Gasteiger partial charge in [0.2, 0.25) is 0 Å². The van der Waals surface area contributed by atoms with Crippen LogP contribution in [0.2, 0.25) is 0 Å². The number of ether oxygens (including phenoxy) is 1. The molecule has 0 aromatic heterocycles. The lowest BCUT2D eigenvalue weighted by Gasteiger charge is -2.11. The molecule has 0 amide bonds. The van der Waals surface area contributed by atoms with Crippen molar-refractivity contribution in [2.45, 2.75) is 6.42 Å². The predicted molar refractivity (Wildman–Crippen MR) is 69.8 cm³/mol. The number of rotatable bonds is 6. The summed E-state index contributed by atoms with van der Waals surface area (Å²) in [5, 5.41) is 8.90. The van der Waals surface area contributed by atoms with Gasteiger partial charge in [0.05, 0.1) is 12.2 Å². The first-order valence-electron chi connectivity index (χ1n) is 5.30. The van der Waals surface area contributed by atoms with Crippen molar-refractivity contribution in [1.29, 1.82) is 0 Å². The fraction of sp³-hybridized carbons (Fsp3) is 0.417. The molecule has 1 aromatic rings. The van der Waals surface area contributed by atoms with Crippen LogP contribution in [-0.2, 0) is 0 Å². The number of carboxylic acid groups (broad SMARTS) is 1. The van der Waals surface area contributed by atoms with Crippen LogP contribution in [0.3, 0.4) is 0 Å². The van der Waals surface area contributed by atoms with Crippen molar-refractivity contribution in [3.8, 4) is 5.75 Å². The van der Waals surface area contributed by atoms with Crippen molar-refractivity contribution in [2.75, 3.05) is 27.2 Å². The van der Waals surface area contributed by atoms with Gasteiger partial charge in [-0.25, -0.2) is 4.79 Å². The Hall–Kier alpha value is -1.07. The summed E-state index contributed by atoms with van der Waals surface area (Å²) in [7, 11) is 4.00. The van der Waals surface area contributed by atoms with Gasteiger partial charge in [-0.3, -0.25) is 0 Å². The zero-order chi connectivity index (χ0) is 12.8. The standard InChI is InChI=1S/C12H16BrNO3/c1-14(2)4-3-5-17-11-7-9(12(15)16)6-10(13)8-11/h6-8H,3-5H2,1-2H3,(H,15,16). The summed E-state index contributed by atoms with van der Waals surface area (Å²) >= 11 is 3.26. The molecule has 17 heavy (non-hydrogen) atoms. The van der Waals surface area contributed by atoms with E-state index in [2.05, 4.69) is 20.8 Å². The third-order valence-corrected chi connectivity index (χ3v) is 2.59. The number of carbonyl (C=O) groups is 1. The Bertz CT molecular complexity index is 393. The molecular formula is C12H16BrNO3. The van der Waals surface area contributed by atoms with Crippen LogP contribution in [0.25, 0.3) is 0 Å². The first kappa shape index (κ1) is 14.0. The van der Waals surface area contributed by atoms with Crippen molar-refractivity contribution in [1.82, 2.24) is 4.90 Å². The van der Waals surface area contributed by atoms with Crippen LogP contribution < -0.4 is 4.74 Å². The summed E-state index contributed by atoms with van der Waals surface area (Å²) < 4.78 is 6.22. The van der Waals surface area contributed by atoms with E-state index in [-0.39, 0.29) is 5.56 Å². The Labute approximate surface area is 109 Å². The molecule has 0 unspecified atom stereocenters. The summed E-state index contributed by atoms with van der Waals surface area (Å²) in [5.41, 5.74) is 0.224. The summed E-state index contributed by atoms with van der Waals surface area (Å²) in [6.07, 6.45) is 0.905. The lowest BCUT2D eigenvalue weighted by molar-refractivity contribution is 0.0696. The van der Waals surface area contributed by atoms with E-state index in [4.69, 9.17) is 9.84 Å². The van der Waals surface area contributed by atoms with Gasteiger partial charge in [0.15, 0.2) is 0 Å². The average molecular weight is 302 g/mol. The Morgan fingerprint density at radius 3 is 2.71 bits per heavy atom. The third-order valence-electron chi connectivity index (χ3n) is 2.14. The molecule has 0 saturated carbocycles. The number of hydrogen-bond donors (Lipinski definition) is 1. The molecule has 1 N–H and O–H groups in total. The minimum Gasteiger partial charge on any atom is -0.493 e. The van der Waals surface area contributed by atoms with Crippen molar-refractivity contribution < 1.29 is 14.6 Å². The predicted octanol–water partition coefficient (Wildman–Crippen LogP) is 2.48. The van der Waals surface area contributed by atoms with Crippen LogP contribution in [-0.4, -0.2) is 43.2 Å². The SMILES string of the molecule is CN(C)CCCOc1cc(Br)cc(C(=O)O)c1. The molecule has 94 valence electrons. The second-order valence-corrected chi connectivity index (χ2v) is 4.90. The molecule has 0 aliphatic carbocycles. The normalized spacial score (nSPS) is 10.6. The lowest BCUT2D eigenvalue weighted by atomic mass is 10.2. The van der Waals surface area contributed by atoms with Gasteiger partial charge in [-0.05, 0) is 38.7 Å². The van der Waals surface area contributed by atoms with Gasteiger partial charge in [-0.1, -0.05) is 15.9 Å². The average Bonchev–Trinajstić information content (AvgIpc) is 2.23. The molecule has 0 aliphatic heterocycles. The molecule has 5 heteroatoms. The highest BCUT2D eigenvalue weighted by molar-refractivity contribution is 9.10. The monoisotopic (exact) mass is 301 g/mol. The second-order valence-electron chi connectivity index (χ2n) is 3.99. The molecule has 0 radical (unpaired) electrons. The molecule has 0 fully saturated rings. The second kappa shape index (κ2) is 6.61. The minimum absolute atomic E-state index is 0.224. The van der Waals surface area contributed by atoms with Crippen LogP contribution >= 0.6 is 15.9 Å². The van der Waals surface area contributed by atoms with Gasteiger partial charge in [-0.2, -0.15) is 0 Å². The van der Waals surface area contributed by atoms with E-state index in [0.717, 1.165) is 13.0 Å². The van der Waals surface area contributed by atoms with Crippen LogP contribution in [0.1, 0.15) is 16.8 Å². The van der Waals surface area contributed by atoms with Gasteiger partial charge < -0.3 is 14.7 Å². The van der Waals surface area contributed by atoms with E-state index in [9.17, 15) is 4.79 Å². The number of aromatic carboxylic acids is 1. The summed E-state index contributed by atoms with van der Waals surface area (Å²) in [6, 6.07) is 4.85. The van der Waals surface area contributed by atoms with E-state index in [1.54, 1.807) is 12.1 Å². The molecule has 0 aliphatic rings. The number of halogens is 1. The summed E-state index contributed by atoms with van der Waals surface area (Å²) in [5.74, 6) is -0.375. The summed E-state index contributed by atoms with van der Waals surface area (Å²) in [6.45, 7) is 1.52. The minimum atomic E-state index is -0.954. The first-order valence-corrected chi connectivity index (χ1v) is 6.10. The first-order chi connectivity index (χ1) is 7.99. The molecule has 0 atom stereocenters. The Balaban J connectivity index is 2.56. The van der Waals surface area contributed by atoms with Gasteiger partial charge in [0.1, 0.15) is 5.75 Å². The maximum Gasteiger partial charge on any atom is 0.335 e. The van der Waals surface area contributed by atoms with Gasteiger partial charge in [-0.15, -0.1) is 0 Å². The largest absolute Gasteiger partial charge is 0.493 e. The van der Waals surface area contributed by atoms with Crippen molar-refractivity contribution in [3.05, 3.63) is 28.2 Å². The Morgan fingerprint density at radius 1 is 1.41 bits per heavy atom. The van der Waals surface area contributed by atoms with Crippen LogP contribution in [0, 0.1) is 0 Å². The van der Waals surface area contributed by atoms with Crippen LogP contribution in [0.15, 0.2) is 22.7 Å². The van der Waals surface area contributed by atoms with Gasteiger partial charge in [0, 0.05) is 11.0 Å². The quantitative estimate of drug-likeness (QED) is 0.820. The number of hydrogen-bond acceptors (Lipinski definition) is 3. The molecule has 0 bridgehead atoms. The molecule has 4 nitrogen and oxygen atoms in total. The topological polar surface area (TPSA) is 49.8 Å². The lowest BCUT2D eigenvalue weighted by Crippen LogP contribution is -2.15. The Morgan fingerprint density at radius 2 is 2.12 bits per heavy atom. The fourth-order valence-electron chi connectivity index (χ4n) is 1.34. The number of benzene rings is 1. The van der Waals surface area contributed by atoms with Crippen molar-refractivity contribution >= 4 is 21.9 Å². The molecule has 0 heterocycles.